The van der Waals surface area contributed by atoms with Crippen LogP contribution in [0.4, 0.5) is 5.69 Å². The molecule has 0 aromatic heterocycles. The van der Waals surface area contributed by atoms with Crippen molar-refractivity contribution in [3.05, 3.63) is 29.8 Å². The second kappa shape index (κ2) is 2.87. The number of fused-ring (bicyclic) bond motifs is 1. The molecule has 2 heteroatoms. The van der Waals surface area contributed by atoms with Crippen LogP contribution in [0.25, 0.3) is 0 Å². The zero-order valence-electron chi connectivity index (χ0n) is 8.07. The highest BCUT2D eigenvalue weighted by Crippen LogP contribution is 2.39. The summed E-state index contributed by atoms with van der Waals surface area (Å²) in [5.74, 6) is 0.457. The van der Waals surface area contributed by atoms with Crippen molar-refractivity contribution in [3.8, 4) is 0 Å². The second-order valence-corrected chi connectivity index (χ2v) is 3.55. The monoisotopic (exact) mass is 174 g/mol. The predicted octanol–water partition coefficient (Wildman–Crippen LogP) is 2.27. The fraction of sp³-hybridized carbons (Fsp3) is 0.364. The lowest BCUT2D eigenvalue weighted by molar-refractivity contribution is 0.606. The lowest BCUT2D eigenvalue weighted by Gasteiger charge is -2.20. The van der Waals surface area contributed by atoms with Gasteiger partial charge in [-0.3, -0.25) is 4.99 Å². The van der Waals surface area contributed by atoms with Crippen LogP contribution < -0.4 is 4.90 Å². The number of hydrogen-bond donors (Lipinski definition) is 0. The average molecular weight is 174 g/mol. The predicted molar refractivity (Wildman–Crippen MR) is 56.6 cm³/mol. The maximum Gasteiger partial charge on any atom is 0.126 e. The summed E-state index contributed by atoms with van der Waals surface area (Å²) in [5.41, 5.74) is 2.66. The molecular weight excluding hydrogens is 160 g/mol. The van der Waals surface area contributed by atoms with E-state index in [1.165, 1.54) is 11.3 Å². The van der Waals surface area contributed by atoms with Crippen molar-refractivity contribution in [1.82, 2.24) is 0 Å². The molecule has 13 heavy (non-hydrogen) atoms. The van der Waals surface area contributed by atoms with E-state index in [0.717, 1.165) is 0 Å². The van der Waals surface area contributed by atoms with Crippen LogP contribution in [0, 0.1) is 0 Å². The van der Waals surface area contributed by atoms with Gasteiger partial charge in [-0.05, 0) is 18.3 Å². The molecule has 0 aliphatic carbocycles. The smallest absolute Gasteiger partial charge is 0.126 e. The summed E-state index contributed by atoms with van der Waals surface area (Å²) in [7, 11) is 2.07. The fourth-order valence-electron chi connectivity index (χ4n) is 2.11. The summed E-state index contributed by atoms with van der Waals surface area (Å²) < 4.78 is 0. The molecule has 1 aliphatic rings. The number of likely N-dealkylation sites (N-methyl/N-ethyl adjacent to an activating group) is 1. The Labute approximate surface area is 78.9 Å². The largest absolute Gasteiger partial charge is 0.352 e. The Hall–Kier alpha value is -1.31. The molecule has 2 unspecified atom stereocenters. The van der Waals surface area contributed by atoms with E-state index >= 15 is 0 Å². The van der Waals surface area contributed by atoms with Gasteiger partial charge >= 0.3 is 0 Å². The highest BCUT2D eigenvalue weighted by molar-refractivity contribution is 5.61. The molecule has 0 spiro atoms. The van der Waals surface area contributed by atoms with Crippen LogP contribution in [0.2, 0.25) is 0 Å². The zero-order valence-corrected chi connectivity index (χ0v) is 8.07. The quantitative estimate of drug-likeness (QED) is 0.596. The van der Waals surface area contributed by atoms with Gasteiger partial charge in [0.2, 0.25) is 0 Å². The maximum absolute atomic E-state index is 4.14. The second-order valence-electron chi connectivity index (χ2n) is 3.55. The molecule has 0 N–H and O–H groups in total. The summed E-state index contributed by atoms with van der Waals surface area (Å²) in [6.45, 7) is 5.83. The molecule has 1 aliphatic heterocycles. The molecule has 2 atom stereocenters. The van der Waals surface area contributed by atoms with E-state index < -0.39 is 0 Å². The van der Waals surface area contributed by atoms with Gasteiger partial charge < -0.3 is 4.90 Å². The Morgan fingerprint density at radius 2 is 2.08 bits per heavy atom. The van der Waals surface area contributed by atoms with E-state index in [4.69, 9.17) is 0 Å². The third-order valence-electron chi connectivity index (χ3n) is 2.84. The van der Waals surface area contributed by atoms with Crippen molar-refractivity contribution in [3.63, 3.8) is 0 Å². The van der Waals surface area contributed by atoms with Crippen LogP contribution in [-0.4, -0.2) is 19.9 Å². The van der Waals surface area contributed by atoms with Crippen LogP contribution in [0.3, 0.4) is 0 Å². The molecule has 1 aromatic rings. The Morgan fingerprint density at radius 3 is 2.69 bits per heavy atom. The SMILES string of the molecule is C=NC1C(C)c2ccccc2N1C. The van der Waals surface area contributed by atoms with Gasteiger partial charge in [0.25, 0.3) is 0 Å². The van der Waals surface area contributed by atoms with Crippen molar-refractivity contribution in [2.75, 3.05) is 11.9 Å². The minimum Gasteiger partial charge on any atom is -0.352 e. The molecule has 0 fully saturated rings. The molecule has 68 valence electrons. The third-order valence-corrected chi connectivity index (χ3v) is 2.84. The average Bonchev–Trinajstić information content (AvgIpc) is 2.41. The summed E-state index contributed by atoms with van der Waals surface area (Å²) in [6.07, 6.45) is 0.206. The van der Waals surface area contributed by atoms with Gasteiger partial charge in [-0.2, -0.15) is 0 Å². The summed E-state index contributed by atoms with van der Waals surface area (Å²) in [5, 5.41) is 0. The van der Waals surface area contributed by atoms with Crippen molar-refractivity contribution < 1.29 is 0 Å². The molecule has 0 amide bonds. The van der Waals surface area contributed by atoms with Crippen LogP contribution >= 0.6 is 0 Å². The number of rotatable bonds is 1. The van der Waals surface area contributed by atoms with Crippen LogP contribution in [-0.2, 0) is 0 Å². The molecule has 1 heterocycles. The molecular formula is C11H14N2. The lowest BCUT2D eigenvalue weighted by atomic mass is 10.0. The fourth-order valence-corrected chi connectivity index (χ4v) is 2.11. The van der Waals surface area contributed by atoms with E-state index in [-0.39, 0.29) is 6.17 Å². The first kappa shape index (κ1) is 8.30. The van der Waals surface area contributed by atoms with Crippen LogP contribution in [0.5, 0.6) is 0 Å². The van der Waals surface area contributed by atoms with Gasteiger partial charge in [-0.1, -0.05) is 25.1 Å². The number of para-hydroxylation sites is 1. The molecule has 1 aromatic carbocycles. The summed E-state index contributed by atoms with van der Waals surface area (Å²) in [4.78, 5) is 6.33. The highest BCUT2D eigenvalue weighted by Gasteiger charge is 2.31. The van der Waals surface area contributed by atoms with Crippen LogP contribution in [0.15, 0.2) is 29.3 Å². The number of aliphatic imine (C=N–C) groups is 1. The minimum atomic E-state index is 0.206. The Bertz CT molecular complexity index is 304. The summed E-state index contributed by atoms with van der Waals surface area (Å²) >= 11 is 0. The maximum atomic E-state index is 4.14. The minimum absolute atomic E-state index is 0.206. The molecule has 0 saturated heterocycles. The number of benzene rings is 1. The van der Waals surface area contributed by atoms with Gasteiger partial charge in [0, 0.05) is 18.7 Å². The van der Waals surface area contributed by atoms with Gasteiger partial charge in [0.1, 0.15) is 6.17 Å². The number of hydrogen-bond acceptors (Lipinski definition) is 2. The van der Waals surface area contributed by atoms with E-state index in [1.807, 2.05) is 0 Å². The Balaban J connectivity index is 2.50. The Morgan fingerprint density at radius 1 is 1.38 bits per heavy atom. The normalized spacial score (nSPS) is 25.8. The molecule has 2 nitrogen and oxygen atoms in total. The van der Waals surface area contributed by atoms with E-state index in [1.54, 1.807) is 0 Å². The standard InChI is InChI=1S/C11H14N2/c1-8-9-6-4-5-7-10(9)13(3)11(8)12-2/h4-8,11H,2H2,1,3H3. The molecule has 0 saturated carbocycles. The first-order valence-electron chi connectivity index (χ1n) is 4.53. The number of nitrogens with zero attached hydrogens (tertiary/aromatic N) is 2. The van der Waals surface area contributed by atoms with Gasteiger partial charge in [-0.25, -0.2) is 0 Å². The van der Waals surface area contributed by atoms with E-state index in [2.05, 4.69) is 54.8 Å². The first-order chi connectivity index (χ1) is 6.25. The van der Waals surface area contributed by atoms with Gasteiger partial charge in [0.05, 0.1) is 0 Å². The van der Waals surface area contributed by atoms with Gasteiger partial charge in [-0.15, -0.1) is 0 Å². The van der Waals surface area contributed by atoms with Crippen molar-refractivity contribution in [2.24, 2.45) is 4.99 Å². The molecule has 0 bridgehead atoms. The third kappa shape index (κ3) is 1.05. The van der Waals surface area contributed by atoms with Crippen molar-refractivity contribution in [2.45, 2.75) is 19.0 Å². The topological polar surface area (TPSA) is 15.6 Å². The highest BCUT2D eigenvalue weighted by atomic mass is 15.2. The lowest BCUT2D eigenvalue weighted by Crippen LogP contribution is -2.27. The van der Waals surface area contributed by atoms with E-state index in [0.29, 0.717) is 5.92 Å². The Kier molecular flexibility index (Phi) is 1.83. The van der Waals surface area contributed by atoms with Gasteiger partial charge in [0.15, 0.2) is 0 Å². The first-order valence-corrected chi connectivity index (χ1v) is 4.53. The van der Waals surface area contributed by atoms with Crippen molar-refractivity contribution >= 4 is 12.4 Å². The van der Waals surface area contributed by atoms with Crippen LogP contribution in [0.1, 0.15) is 18.4 Å². The zero-order chi connectivity index (χ0) is 9.42. The molecule has 2 rings (SSSR count). The number of anilines is 1. The molecule has 0 radical (unpaired) electrons. The summed E-state index contributed by atoms with van der Waals surface area (Å²) in [6, 6.07) is 8.45. The van der Waals surface area contributed by atoms with E-state index in [9.17, 15) is 0 Å². The van der Waals surface area contributed by atoms with Crippen molar-refractivity contribution in [1.29, 1.82) is 0 Å².